The summed E-state index contributed by atoms with van der Waals surface area (Å²) in [6, 6.07) is 76.3. The molecule has 3 amide bonds. The highest BCUT2D eigenvalue weighted by molar-refractivity contribution is 6.14. The molecule has 0 aliphatic carbocycles. The van der Waals surface area contributed by atoms with Gasteiger partial charge in [-0.25, -0.2) is 28.8 Å². The maximum absolute atomic E-state index is 12.5. The van der Waals surface area contributed by atoms with Crippen molar-refractivity contribution in [3.8, 4) is 35.1 Å². The standard InChI is InChI=1S/C20H22O4.C20H22O3.C19H21NO4.2C18H14N2O5.C18H18O4/c1-3-4-7-15-11-10-14(13-19(15)24-2)12-18(21)16-8-5-6-9-17(16)20(22)23;1-4-20(2,3)15-11-9-14(10-12-15)13-18(21)16-7-5-6-8-17(16)19(22)23;1-3-4-7-13-10-11-16(17(12-13)24-2)20-18(21)14-8-5-6-9-15(14)19(22)23;2*1-11(21)10-25-16-7-6-13(8-12(16)9-19)20-17(22)14-4-2-3-5-15(14)18(23)24;1-22-11-10-13-6-8-14(9-7-13)12-17(19)15-4-2-3-5-16(15)18(20)21/h5-6,8-11,13H,3-4,7,12H2,1-2H3,(H,22,23);5-12H,4,13H2,1-3H3,(H,22,23);5-6,8-12H,3-4,7H2,1-2H3,(H,20,21)(H,22,23);2*2-8H,10H2,1H3,(H,20,22)(H,23,24);2-9H,10-12H2,1H3,(H,20,21). The van der Waals surface area contributed by atoms with Crippen molar-refractivity contribution >= 4 is 99.5 Å². The van der Waals surface area contributed by atoms with Crippen molar-refractivity contribution in [2.45, 2.75) is 125 Å². The number of hydrogen-bond acceptors (Lipinski definition) is 21. The second-order valence-electron chi connectivity index (χ2n) is 32.8. The van der Waals surface area contributed by atoms with Crippen LogP contribution in [0.2, 0.25) is 0 Å². The van der Waals surface area contributed by atoms with Crippen LogP contribution in [0.15, 0.2) is 267 Å². The van der Waals surface area contributed by atoms with Gasteiger partial charge in [0.25, 0.3) is 17.7 Å². The summed E-state index contributed by atoms with van der Waals surface area (Å²) in [5, 5.41) is 81.2. The Morgan fingerprint density at radius 1 is 0.329 bits per heavy atom. The number of amides is 3. The number of carbonyl (C=O) groups excluding carboxylic acids is 8. The molecule has 12 aromatic rings. The predicted molar refractivity (Wildman–Crippen MR) is 538 cm³/mol. The van der Waals surface area contributed by atoms with Crippen molar-refractivity contribution in [3.05, 3.63) is 384 Å². The van der Waals surface area contributed by atoms with E-state index >= 15 is 0 Å². The number of aryl methyl sites for hydroxylation is 2. The van der Waals surface area contributed by atoms with Crippen molar-refractivity contribution in [3.63, 3.8) is 0 Å². The van der Waals surface area contributed by atoms with E-state index in [9.17, 15) is 93.0 Å². The average Bonchev–Trinajstić information content (AvgIpc) is 0.838. The van der Waals surface area contributed by atoms with Crippen molar-refractivity contribution in [2.75, 3.05) is 57.1 Å². The van der Waals surface area contributed by atoms with Gasteiger partial charge in [0.2, 0.25) is 0 Å². The monoisotopic (exact) mass is 1940 g/mol. The highest BCUT2D eigenvalue weighted by Gasteiger charge is 2.26. The predicted octanol–water partition coefficient (Wildman–Crippen LogP) is 20.6. The molecule has 9 N–H and O–H groups in total. The highest BCUT2D eigenvalue weighted by Crippen LogP contribution is 2.32. The maximum atomic E-state index is 12.5. The smallest absolute Gasteiger partial charge is 0.336 e. The molecule has 12 aromatic carbocycles. The van der Waals surface area contributed by atoms with Crippen molar-refractivity contribution in [1.29, 1.82) is 10.5 Å². The van der Waals surface area contributed by atoms with Crippen LogP contribution in [0, 0.1) is 22.7 Å². The number of benzene rings is 12. The summed E-state index contributed by atoms with van der Waals surface area (Å²) < 4.78 is 26.2. The molecule has 0 unspecified atom stereocenters. The van der Waals surface area contributed by atoms with Crippen LogP contribution in [-0.4, -0.2) is 154 Å². The van der Waals surface area contributed by atoms with Crippen LogP contribution in [0.1, 0.15) is 255 Å². The van der Waals surface area contributed by atoms with Gasteiger partial charge in [0.1, 0.15) is 48.4 Å². The van der Waals surface area contributed by atoms with Crippen molar-refractivity contribution in [1.82, 2.24) is 0 Å². The first-order valence-electron chi connectivity index (χ1n) is 45.2. The minimum Gasteiger partial charge on any atom is -0.496 e. The Kier molecular flexibility index (Phi) is 44.7. The minimum atomic E-state index is -1.21. The number of nitrogens with one attached hydrogen (secondary N) is 3. The lowest BCUT2D eigenvalue weighted by molar-refractivity contribution is -0.119. The number of unbranched alkanes of at least 4 members (excludes halogenated alkanes) is 2. The normalized spacial score (nSPS) is 10.3. The lowest BCUT2D eigenvalue weighted by atomic mass is 9.82. The van der Waals surface area contributed by atoms with Gasteiger partial charge in [0.15, 0.2) is 28.9 Å². The molecule has 0 fully saturated rings. The second kappa shape index (κ2) is 56.9. The molecule has 0 aliphatic heterocycles. The molecule has 12 rings (SSSR count). The molecular formula is C113H111N5O25. The number of ketones is 5. The maximum Gasteiger partial charge on any atom is 0.336 e. The molecule has 738 valence electrons. The van der Waals surface area contributed by atoms with Gasteiger partial charge in [-0.15, -0.1) is 0 Å². The molecule has 0 saturated heterocycles. The third kappa shape index (κ3) is 34.8. The largest absolute Gasteiger partial charge is 0.496 e. The van der Waals surface area contributed by atoms with E-state index in [2.05, 4.69) is 62.7 Å². The third-order valence-electron chi connectivity index (χ3n) is 22.0. The first kappa shape index (κ1) is 112. The van der Waals surface area contributed by atoms with Crippen LogP contribution in [0.25, 0.3) is 0 Å². The van der Waals surface area contributed by atoms with E-state index in [1.54, 1.807) is 106 Å². The van der Waals surface area contributed by atoms with E-state index in [0.29, 0.717) is 29.4 Å². The van der Waals surface area contributed by atoms with Gasteiger partial charge in [-0.2, -0.15) is 10.5 Å². The molecule has 30 heteroatoms. The molecule has 0 heterocycles. The topological polar surface area (TPSA) is 490 Å². The van der Waals surface area contributed by atoms with Gasteiger partial charge in [-0.1, -0.05) is 205 Å². The first-order chi connectivity index (χ1) is 68.4. The minimum absolute atomic E-state index is 0.00501. The van der Waals surface area contributed by atoms with Gasteiger partial charge in [-0.3, -0.25) is 38.4 Å². The van der Waals surface area contributed by atoms with E-state index in [1.165, 1.54) is 123 Å². The van der Waals surface area contributed by atoms with E-state index in [-0.39, 0.29) is 156 Å². The fourth-order valence-electron chi connectivity index (χ4n) is 13.9. The molecular weight excluding hydrogens is 1830 g/mol. The van der Waals surface area contributed by atoms with Gasteiger partial charge < -0.3 is 70.3 Å². The zero-order valence-electron chi connectivity index (χ0n) is 80.6. The Balaban J connectivity index is 0.000000233. The van der Waals surface area contributed by atoms with Crippen LogP contribution in [0.5, 0.6) is 23.0 Å². The van der Waals surface area contributed by atoms with E-state index in [1.807, 2.05) is 78.9 Å². The van der Waals surface area contributed by atoms with Crippen LogP contribution in [-0.2, 0) is 58.3 Å². The number of methoxy groups -OCH3 is 3. The fraction of sp³-hybridized carbons (Fsp3) is 0.221. The zero-order valence-corrected chi connectivity index (χ0v) is 80.6. The summed E-state index contributed by atoms with van der Waals surface area (Å²) in [4.78, 5) is 163. The number of nitrogens with zero attached hydrogens (tertiary/aromatic N) is 2. The Morgan fingerprint density at radius 2 is 0.643 bits per heavy atom. The Bertz CT molecular complexity index is 6520. The van der Waals surface area contributed by atoms with Crippen LogP contribution in [0.4, 0.5) is 17.1 Å². The second-order valence-corrected chi connectivity index (χ2v) is 32.8. The van der Waals surface area contributed by atoms with E-state index in [4.69, 9.17) is 39.0 Å². The summed E-state index contributed by atoms with van der Waals surface area (Å²) in [5.41, 5.74) is 9.47. The van der Waals surface area contributed by atoms with Crippen molar-refractivity contribution in [2.24, 2.45) is 0 Å². The molecule has 0 atom stereocenters. The van der Waals surface area contributed by atoms with E-state index < -0.39 is 53.5 Å². The van der Waals surface area contributed by atoms with Crippen molar-refractivity contribution < 1.29 is 121 Å². The SMILES string of the molecule is CC(=O)COc1ccc(NC(=O)c2ccccc2C(=O)O)cc1C#N.CC(=O)COc1ccc(NC(=O)c2ccccc2C(=O)O)cc1C#N.CCC(C)(C)c1ccc(CC(=O)c2ccccc2C(=O)O)cc1.CCCCc1ccc(CC(=O)c2ccccc2C(=O)O)cc1OC.CCCCc1ccc(NC(=O)c2ccccc2C(=O)O)c(OC)c1.COCCc1ccc(CC(=O)c2ccccc2C(=O)O)cc1. The molecule has 0 aliphatic rings. The summed E-state index contributed by atoms with van der Waals surface area (Å²) in [6.07, 6.45) is 8.67. The number of nitriles is 2. The number of aromatic carboxylic acids is 6. The number of carboxylic acid groups (broad SMARTS) is 6. The number of ether oxygens (including phenoxy) is 5. The van der Waals surface area contributed by atoms with E-state index in [0.717, 1.165) is 90.5 Å². The third-order valence-corrected chi connectivity index (χ3v) is 22.0. The summed E-state index contributed by atoms with van der Waals surface area (Å²) in [5.74, 6) is -7.68. The molecule has 0 saturated carbocycles. The highest BCUT2D eigenvalue weighted by atomic mass is 16.5. The quantitative estimate of drug-likeness (QED) is 0.0161. The lowest BCUT2D eigenvalue weighted by Gasteiger charge is -2.23. The Hall–Kier alpha value is -17.6. The molecule has 0 aromatic heterocycles. The molecule has 0 radical (unpaired) electrons. The van der Waals surface area contributed by atoms with Crippen LogP contribution in [0.3, 0.4) is 0 Å². The number of carbonyl (C=O) groups is 14. The zero-order chi connectivity index (χ0) is 105. The lowest BCUT2D eigenvalue weighted by Crippen LogP contribution is -2.16. The summed E-state index contributed by atoms with van der Waals surface area (Å²) in [7, 11) is 4.82. The summed E-state index contributed by atoms with van der Waals surface area (Å²) >= 11 is 0. The first-order valence-corrected chi connectivity index (χ1v) is 45.2. The Labute approximate surface area is 827 Å². The number of rotatable bonds is 40. The summed E-state index contributed by atoms with van der Waals surface area (Å²) in [6.45, 7) is 13.9. The molecule has 0 spiro atoms. The Morgan fingerprint density at radius 3 is 0.986 bits per heavy atom. The van der Waals surface area contributed by atoms with Gasteiger partial charge in [0, 0.05) is 54.4 Å². The molecule has 143 heavy (non-hydrogen) atoms. The van der Waals surface area contributed by atoms with Crippen LogP contribution >= 0.6 is 0 Å². The fourth-order valence-corrected chi connectivity index (χ4v) is 13.9. The average molecular weight is 1940 g/mol. The van der Waals surface area contributed by atoms with Gasteiger partial charge in [0.05, 0.1) is 87.7 Å². The number of hydrogen-bond donors (Lipinski definition) is 9. The van der Waals surface area contributed by atoms with Gasteiger partial charge >= 0.3 is 35.8 Å². The van der Waals surface area contributed by atoms with Gasteiger partial charge in [-0.05, 0) is 206 Å². The number of carboxylic acids is 6. The van der Waals surface area contributed by atoms with Crippen LogP contribution < -0.4 is 34.9 Å². The molecule has 30 nitrogen and oxygen atoms in total. The number of anilines is 3. The molecule has 0 bridgehead atoms. The number of Topliss-reactive ketones (excluding diaryl/α,β-unsaturated/α-hetero) is 5.